The van der Waals surface area contributed by atoms with Gasteiger partial charge in [0.05, 0.1) is 17.1 Å². The summed E-state index contributed by atoms with van der Waals surface area (Å²) < 4.78 is 7.09. The molecule has 0 atom stereocenters. The number of hydrogen-bond acceptors (Lipinski definition) is 3. The van der Waals surface area contributed by atoms with Crippen LogP contribution < -0.4 is 29.7 Å². The Labute approximate surface area is 339 Å². The Balaban J connectivity index is 1.25. The highest BCUT2D eigenvalue weighted by Crippen LogP contribution is 2.31. The normalized spacial score (nSPS) is 11.0. The van der Waals surface area contributed by atoms with Crippen molar-refractivity contribution >= 4 is 17.1 Å². The number of rotatable bonds is 18. The van der Waals surface area contributed by atoms with E-state index in [1.807, 2.05) is 0 Å². The minimum atomic E-state index is 0.789. The van der Waals surface area contributed by atoms with E-state index in [2.05, 4.69) is 215 Å². The third kappa shape index (κ3) is 10.3. The number of pyridine rings is 3. The number of benzene rings is 4. The fourth-order valence-corrected chi connectivity index (χ4v) is 8.07. The molecule has 3 N–H and O–H groups in total. The van der Waals surface area contributed by atoms with Crippen molar-refractivity contribution in [3.05, 3.63) is 215 Å². The average molecular weight is 754 g/mol. The van der Waals surface area contributed by atoms with Crippen LogP contribution in [-0.4, -0.2) is 0 Å². The molecule has 7 rings (SSSR count). The lowest BCUT2D eigenvalue weighted by Crippen LogP contribution is -2.39. The lowest BCUT2D eigenvalue weighted by Gasteiger charge is -2.23. The molecule has 4 aromatic carbocycles. The molecule has 3 heterocycles. The third-order valence-corrected chi connectivity index (χ3v) is 10.9. The van der Waals surface area contributed by atoms with E-state index in [0.717, 1.165) is 75.6 Å². The summed E-state index contributed by atoms with van der Waals surface area (Å²) in [6, 6.07) is 44.8. The van der Waals surface area contributed by atoms with E-state index in [-0.39, 0.29) is 0 Å². The maximum Gasteiger partial charge on any atom is 0.192 e. The van der Waals surface area contributed by atoms with Gasteiger partial charge in [0.2, 0.25) is 0 Å². The number of nitrogens with one attached hydrogen (secondary N) is 3. The molecule has 6 heteroatoms. The summed E-state index contributed by atoms with van der Waals surface area (Å²) in [7, 11) is 0. The molecule has 3 aromatic heterocycles. The fraction of sp³-hybridized carbons (Fsp3) is 0.235. The van der Waals surface area contributed by atoms with Crippen molar-refractivity contribution in [1.29, 1.82) is 0 Å². The van der Waals surface area contributed by atoms with Crippen molar-refractivity contribution in [3.63, 3.8) is 0 Å². The summed E-state index contributed by atoms with van der Waals surface area (Å²) in [5.41, 5.74) is 15.9. The van der Waals surface area contributed by atoms with Gasteiger partial charge in [-0.25, -0.2) is 0 Å². The van der Waals surface area contributed by atoms with Crippen LogP contribution in [0.15, 0.2) is 165 Å². The predicted molar refractivity (Wildman–Crippen MR) is 233 cm³/mol. The van der Waals surface area contributed by atoms with Crippen LogP contribution in [0, 0.1) is 0 Å². The summed E-state index contributed by atoms with van der Waals surface area (Å²) in [6.45, 7) is 11.8. The van der Waals surface area contributed by atoms with Crippen LogP contribution in [0.1, 0.15) is 70.8 Å². The second-order valence-electron chi connectivity index (χ2n) is 14.7. The predicted octanol–water partition coefficient (Wildman–Crippen LogP) is 9.22. The monoisotopic (exact) mass is 753 g/mol. The highest BCUT2D eigenvalue weighted by atomic mass is 15.0. The van der Waals surface area contributed by atoms with E-state index < -0.39 is 0 Å². The lowest BCUT2D eigenvalue weighted by molar-refractivity contribution is -0.690. The van der Waals surface area contributed by atoms with Gasteiger partial charge in [-0.2, -0.15) is 13.7 Å². The second-order valence-corrected chi connectivity index (χ2v) is 14.7. The van der Waals surface area contributed by atoms with Crippen LogP contribution in [0.5, 0.6) is 0 Å². The number of aromatic nitrogens is 3. The lowest BCUT2D eigenvalue weighted by atomic mass is 9.83. The Morgan fingerprint density at radius 3 is 0.877 bits per heavy atom. The minimum absolute atomic E-state index is 0.789. The maximum atomic E-state index is 3.66. The molecule has 0 radical (unpaired) electrons. The first-order valence-corrected chi connectivity index (χ1v) is 20.6. The molecule has 0 saturated carbocycles. The highest BCUT2D eigenvalue weighted by Gasteiger charge is 2.27. The molecule has 0 bridgehead atoms. The zero-order chi connectivity index (χ0) is 39.2. The van der Waals surface area contributed by atoms with E-state index in [9.17, 15) is 0 Å². The van der Waals surface area contributed by atoms with Crippen LogP contribution in [0.4, 0.5) is 17.1 Å². The Morgan fingerprint density at radius 2 is 0.614 bits per heavy atom. The van der Waals surface area contributed by atoms with Gasteiger partial charge in [0.1, 0.15) is 0 Å². The largest absolute Gasteiger partial charge is 0.376 e. The third-order valence-electron chi connectivity index (χ3n) is 10.9. The first-order valence-electron chi connectivity index (χ1n) is 20.6. The number of hydrogen-bond donors (Lipinski definition) is 3. The van der Waals surface area contributed by atoms with Gasteiger partial charge in [0.25, 0.3) is 0 Å². The number of anilines is 3. The van der Waals surface area contributed by atoms with Gasteiger partial charge < -0.3 is 16.0 Å². The SMILES string of the molecule is CCc1c(C[n+]2cccc(NCc3ccccc3)c2)c(CC)c(C[n+]2cccc(NCc3ccccc3)c2)c(CC)c1C[n+]1cccc(NCc2ccccc2)c1. The average Bonchev–Trinajstić information content (AvgIpc) is 3.26. The van der Waals surface area contributed by atoms with Crippen molar-refractivity contribution in [1.82, 2.24) is 0 Å². The molecule has 288 valence electrons. The molecular formula is C51H57N6+3. The zero-order valence-electron chi connectivity index (χ0n) is 33.8. The zero-order valence-corrected chi connectivity index (χ0v) is 33.8. The van der Waals surface area contributed by atoms with Gasteiger partial charge in [-0.05, 0) is 70.8 Å². The summed E-state index contributed by atoms with van der Waals surface area (Å²) in [6.07, 6.45) is 16.3. The van der Waals surface area contributed by atoms with Gasteiger partial charge in [-0.3, -0.25) is 0 Å². The summed E-state index contributed by atoms with van der Waals surface area (Å²) in [4.78, 5) is 0. The first-order chi connectivity index (χ1) is 28.1. The van der Waals surface area contributed by atoms with Crippen molar-refractivity contribution in [2.75, 3.05) is 16.0 Å². The molecular weight excluding hydrogens is 697 g/mol. The maximum absolute atomic E-state index is 3.66. The van der Waals surface area contributed by atoms with Crippen LogP contribution in [0.25, 0.3) is 0 Å². The van der Waals surface area contributed by atoms with E-state index in [0.29, 0.717) is 0 Å². The topological polar surface area (TPSA) is 47.7 Å². The van der Waals surface area contributed by atoms with Gasteiger partial charge in [-0.15, -0.1) is 0 Å². The van der Waals surface area contributed by atoms with E-state index in [1.54, 1.807) is 0 Å². The molecule has 0 fully saturated rings. The smallest absolute Gasteiger partial charge is 0.192 e. The molecule has 0 saturated heterocycles. The highest BCUT2D eigenvalue weighted by molar-refractivity contribution is 5.52. The van der Waals surface area contributed by atoms with E-state index >= 15 is 0 Å². The second kappa shape index (κ2) is 19.5. The molecule has 0 aliphatic carbocycles. The van der Waals surface area contributed by atoms with Gasteiger partial charge in [0, 0.05) is 54.5 Å². The quantitative estimate of drug-likeness (QED) is 0.0767. The minimum Gasteiger partial charge on any atom is -0.376 e. The summed E-state index contributed by atoms with van der Waals surface area (Å²) in [5, 5.41) is 11.0. The van der Waals surface area contributed by atoms with Gasteiger partial charge in [0.15, 0.2) is 56.8 Å². The fourth-order valence-electron chi connectivity index (χ4n) is 8.07. The molecule has 6 nitrogen and oxygen atoms in total. The molecule has 0 unspecified atom stereocenters. The Kier molecular flexibility index (Phi) is 13.4. The van der Waals surface area contributed by atoms with E-state index in [1.165, 1.54) is 50.1 Å². The van der Waals surface area contributed by atoms with Gasteiger partial charge >= 0.3 is 0 Å². The molecule has 0 spiro atoms. The molecule has 0 aliphatic rings. The van der Waals surface area contributed by atoms with E-state index in [4.69, 9.17) is 0 Å². The molecule has 0 amide bonds. The van der Waals surface area contributed by atoms with Gasteiger partial charge in [-0.1, -0.05) is 112 Å². The van der Waals surface area contributed by atoms with Crippen molar-refractivity contribution in [3.8, 4) is 0 Å². The van der Waals surface area contributed by atoms with Crippen LogP contribution in [0.3, 0.4) is 0 Å². The Morgan fingerprint density at radius 1 is 0.333 bits per heavy atom. The van der Waals surface area contributed by atoms with Crippen LogP contribution in [0.2, 0.25) is 0 Å². The number of nitrogens with zero attached hydrogens (tertiary/aromatic N) is 3. The molecule has 0 aliphatic heterocycles. The first kappa shape index (κ1) is 39.0. The van der Waals surface area contributed by atoms with Crippen LogP contribution in [-0.2, 0) is 58.5 Å². The Bertz CT molecular complexity index is 2060. The van der Waals surface area contributed by atoms with Crippen molar-refractivity contribution in [2.24, 2.45) is 0 Å². The van der Waals surface area contributed by atoms with Crippen molar-refractivity contribution < 1.29 is 13.7 Å². The molecule has 7 aromatic rings. The summed E-state index contributed by atoms with van der Waals surface area (Å²) in [5.74, 6) is 0. The standard InChI is InChI=1S/C51H57N6/c1-4-46-49(37-55-28-16-25-43(34-55)52-31-40-19-10-7-11-20-40)47(5-2)51(39-57-30-18-27-45(36-57)54-33-42-23-14-9-15-24-42)48(6-3)50(46)38-56-29-17-26-44(35-56)53-32-41-21-12-8-13-22-41/h7-30,34-36,52-54H,4-6,31-33,37-39H2,1-3H3/q+3. The Hall–Kier alpha value is -6.27. The molecule has 57 heavy (non-hydrogen) atoms. The summed E-state index contributed by atoms with van der Waals surface area (Å²) >= 11 is 0. The van der Waals surface area contributed by atoms with Crippen LogP contribution >= 0.6 is 0 Å². The van der Waals surface area contributed by atoms with Crippen molar-refractivity contribution in [2.45, 2.75) is 79.3 Å².